The molecule has 7 heteroatoms. The third-order valence-electron chi connectivity index (χ3n) is 7.42. The molecule has 0 aliphatic carbocycles. The Morgan fingerprint density at radius 1 is 0.705 bits per heavy atom. The van der Waals surface area contributed by atoms with Crippen molar-refractivity contribution in [3.05, 3.63) is 143 Å². The second-order valence-corrected chi connectivity index (χ2v) is 10.7. The number of amides is 4. The van der Waals surface area contributed by atoms with Crippen LogP contribution in [0.25, 0.3) is 16.8 Å². The van der Waals surface area contributed by atoms with Gasteiger partial charge >= 0.3 is 6.03 Å². The van der Waals surface area contributed by atoms with Crippen LogP contribution in [0.4, 0.5) is 10.5 Å². The lowest BCUT2D eigenvalue weighted by molar-refractivity contribution is -0.122. The molecular weight excluding hydrogens is 552 g/mol. The Balaban J connectivity index is 1.29. The molecule has 1 N–H and O–H groups in total. The number of rotatable bonds is 8. The molecule has 1 saturated heterocycles. The first kappa shape index (κ1) is 28.4. The molecule has 5 aromatic rings. The van der Waals surface area contributed by atoms with Gasteiger partial charge in [0.15, 0.2) is 0 Å². The van der Waals surface area contributed by atoms with Crippen LogP contribution in [0.2, 0.25) is 0 Å². The van der Waals surface area contributed by atoms with E-state index in [1.807, 2.05) is 98.8 Å². The van der Waals surface area contributed by atoms with Gasteiger partial charge in [-0.1, -0.05) is 90.0 Å². The molecule has 1 heterocycles. The van der Waals surface area contributed by atoms with Crippen LogP contribution in [0.1, 0.15) is 27.8 Å². The van der Waals surface area contributed by atoms with E-state index in [0.29, 0.717) is 36.0 Å². The van der Waals surface area contributed by atoms with Crippen LogP contribution in [0.3, 0.4) is 0 Å². The van der Waals surface area contributed by atoms with Crippen molar-refractivity contribution in [2.24, 2.45) is 0 Å². The number of imide groups is 2. The zero-order chi connectivity index (χ0) is 30.6. The molecule has 0 atom stereocenters. The number of benzene rings is 5. The third-order valence-corrected chi connectivity index (χ3v) is 7.42. The highest BCUT2D eigenvalue weighted by molar-refractivity contribution is 6.39. The van der Waals surface area contributed by atoms with Crippen molar-refractivity contribution in [1.82, 2.24) is 5.32 Å². The van der Waals surface area contributed by atoms with E-state index in [9.17, 15) is 14.4 Å². The van der Waals surface area contributed by atoms with Gasteiger partial charge in [-0.15, -0.1) is 0 Å². The topological polar surface area (TPSA) is 84.9 Å². The van der Waals surface area contributed by atoms with Crippen LogP contribution in [-0.2, 0) is 22.8 Å². The molecule has 1 aliphatic rings. The van der Waals surface area contributed by atoms with Crippen molar-refractivity contribution in [2.45, 2.75) is 27.1 Å². The number of carbonyl (C=O) groups excluding carboxylic acids is 3. The maximum absolute atomic E-state index is 13.7. The molecule has 1 fully saturated rings. The molecule has 4 amide bonds. The van der Waals surface area contributed by atoms with Gasteiger partial charge in [0.25, 0.3) is 11.8 Å². The fourth-order valence-electron chi connectivity index (χ4n) is 5.09. The van der Waals surface area contributed by atoms with Crippen molar-refractivity contribution in [3.8, 4) is 11.5 Å². The summed E-state index contributed by atoms with van der Waals surface area (Å²) in [5, 5.41) is 4.04. The molecule has 0 radical (unpaired) electrons. The van der Waals surface area contributed by atoms with Crippen LogP contribution < -0.4 is 19.7 Å². The van der Waals surface area contributed by atoms with Crippen LogP contribution in [0.5, 0.6) is 11.5 Å². The van der Waals surface area contributed by atoms with E-state index >= 15 is 0 Å². The highest BCUT2D eigenvalue weighted by atomic mass is 16.5. The Morgan fingerprint density at radius 3 is 2.23 bits per heavy atom. The molecule has 0 spiro atoms. The fraction of sp³-hybridized carbons (Fsp3) is 0.108. The van der Waals surface area contributed by atoms with Gasteiger partial charge in [0.05, 0.1) is 5.69 Å². The minimum atomic E-state index is -0.820. The number of fused-ring (bicyclic) bond motifs is 1. The van der Waals surface area contributed by atoms with Crippen molar-refractivity contribution < 1.29 is 23.9 Å². The third kappa shape index (κ3) is 6.08. The molecule has 0 bridgehead atoms. The van der Waals surface area contributed by atoms with Gasteiger partial charge in [-0.25, -0.2) is 9.69 Å². The first-order valence-electron chi connectivity index (χ1n) is 14.3. The zero-order valence-corrected chi connectivity index (χ0v) is 24.4. The Kier molecular flexibility index (Phi) is 7.93. The fourth-order valence-corrected chi connectivity index (χ4v) is 5.09. The Morgan fingerprint density at radius 2 is 1.45 bits per heavy atom. The summed E-state index contributed by atoms with van der Waals surface area (Å²) in [5.41, 5.74) is 5.00. The van der Waals surface area contributed by atoms with Gasteiger partial charge in [0.1, 0.15) is 30.3 Å². The largest absolute Gasteiger partial charge is 0.489 e. The zero-order valence-electron chi connectivity index (χ0n) is 24.4. The SMILES string of the molecule is Cc1ccc(COc2ccc(N3C(=O)NC(=O)/C(=C\c4c(OCc5cccc(C)c5)ccc5ccccc45)C3=O)cc2)cc1. The molecule has 6 rings (SSSR count). The normalized spacial score (nSPS) is 14.2. The average molecular weight is 583 g/mol. The summed E-state index contributed by atoms with van der Waals surface area (Å²) in [7, 11) is 0. The summed E-state index contributed by atoms with van der Waals surface area (Å²) in [6, 6.07) is 33.2. The highest BCUT2D eigenvalue weighted by Gasteiger charge is 2.37. The Hall–Kier alpha value is -5.69. The van der Waals surface area contributed by atoms with Crippen LogP contribution in [-0.4, -0.2) is 17.8 Å². The predicted molar refractivity (Wildman–Crippen MR) is 170 cm³/mol. The molecule has 5 aromatic carbocycles. The van der Waals surface area contributed by atoms with Crippen molar-refractivity contribution in [3.63, 3.8) is 0 Å². The van der Waals surface area contributed by atoms with E-state index in [-0.39, 0.29) is 5.57 Å². The first-order chi connectivity index (χ1) is 21.4. The van der Waals surface area contributed by atoms with Crippen molar-refractivity contribution in [1.29, 1.82) is 0 Å². The number of nitrogens with one attached hydrogen (secondary N) is 1. The number of hydrogen-bond donors (Lipinski definition) is 1. The minimum absolute atomic E-state index is 0.180. The molecular formula is C37H30N2O5. The van der Waals surface area contributed by atoms with Crippen LogP contribution in [0, 0.1) is 13.8 Å². The number of anilines is 1. The van der Waals surface area contributed by atoms with E-state index in [2.05, 4.69) is 5.32 Å². The van der Waals surface area contributed by atoms with E-state index < -0.39 is 17.8 Å². The Bertz CT molecular complexity index is 1910. The van der Waals surface area contributed by atoms with Gasteiger partial charge in [0, 0.05) is 5.56 Å². The smallest absolute Gasteiger partial charge is 0.335 e. The van der Waals surface area contributed by atoms with Gasteiger partial charge < -0.3 is 9.47 Å². The predicted octanol–water partition coefficient (Wildman–Crippen LogP) is 7.28. The number of carbonyl (C=O) groups is 3. The molecule has 7 nitrogen and oxygen atoms in total. The standard InChI is InChI=1S/C37H30N2O5/c1-24-10-12-26(13-11-24)22-43-30-17-15-29(16-18-30)39-36(41)33(35(40)38-37(39)42)21-32-31-9-4-3-8-28(31)14-19-34(32)44-23-27-7-5-6-25(2)20-27/h3-21H,22-23H2,1-2H3,(H,38,40,42)/b33-21+. The lowest BCUT2D eigenvalue weighted by atomic mass is 9.99. The maximum atomic E-state index is 13.7. The van der Waals surface area contributed by atoms with Gasteiger partial charge in [-0.2, -0.15) is 0 Å². The summed E-state index contributed by atoms with van der Waals surface area (Å²) >= 11 is 0. The number of barbiturate groups is 1. The average Bonchev–Trinajstić information content (AvgIpc) is 3.02. The number of aryl methyl sites for hydroxylation is 2. The molecule has 0 unspecified atom stereocenters. The van der Waals surface area contributed by atoms with E-state index in [1.54, 1.807) is 24.3 Å². The van der Waals surface area contributed by atoms with Crippen LogP contribution >= 0.6 is 0 Å². The summed E-state index contributed by atoms with van der Waals surface area (Å²) in [5.74, 6) is -0.412. The Labute approximate surface area is 255 Å². The molecule has 218 valence electrons. The summed E-state index contributed by atoms with van der Waals surface area (Å²) in [6.07, 6.45) is 1.50. The highest BCUT2D eigenvalue weighted by Crippen LogP contribution is 2.33. The monoisotopic (exact) mass is 582 g/mol. The van der Waals surface area contributed by atoms with E-state index in [1.165, 1.54) is 11.6 Å². The van der Waals surface area contributed by atoms with Gasteiger partial charge in [-0.05, 0) is 72.2 Å². The molecule has 44 heavy (non-hydrogen) atoms. The van der Waals surface area contributed by atoms with Crippen molar-refractivity contribution in [2.75, 3.05) is 4.90 Å². The lowest BCUT2D eigenvalue weighted by Crippen LogP contribution is -2.54. The second-order valence-electron chi connectivity index (χ2n) is 10.7. The van der Waals surface area contributed by atoms with Gasteiger partial charge in [-0.3, -0.25) is 14.9 Å². The van der Waals surface area contributed by atoms with E-state index in [4.69, 9.17) is 9.47 Å². The summed E-state index contributed by atoms with van der Waals surface area (Å²) in [6.45, 7) is 4.72. The molecule has 0 saturated carbocycles. The lowest BCUT2D eigenvalue weighted by Gasteiger charge is -2.26. The maximum Gasteiger partial charge on any atom is 0.335 e. The molecule has 0 aromatic heterocycles. The minimum Gasteiger partial charge on any atom is -0.489 e. The number of hydrogen-bond acceptors (Lipinski definition) is 5. The quantitative estimate of drug-likeness (QED) is 0.154. The number of ether oxygens (including phenoxy) is 2. The van der Waals surface area contributed by atoms with E-state index in [0.717, 1.165) is 32.4 Å². The number of nitrogens with zero attached hydrogens (tertiary/aromatic N) is 1. The summed E-state index contributed by atoms with van der Waals surface area (Å²) < 4.78 is 12.1. The van der Waals surface area contributed by atoms with Crippen LogP contribution in [0.15, 0.2) is 115 Å². The first-order valence-corrected chi connectivity index (χ1v) is 14.3. The van der Waals surface area contributed by atoms with Crippen molar-refractivity contribution >= 4 is 40.4 Å². The number of urea groups is 1. The van der Waals surface area contributed by atoms with Gasteiger partial charge in [0.2, 0.25) is 0 Å². The molecule has 1 aliphatic heterocycles. The summed E-state index contributed by atoms with van der Waals surface area (Å²) in [4.78, 5) is 40.6. The second kappa shape index (κ2) is 12.3.